The number of benzene rings is 2. The molecule has 0 spiro atoms. The molecule has 0 saturated heterocycles. The molecule has 0 bridgehead atoms. The molecule has 0 unspecified atom stereocenters. The number of fused-ring (bicyclic) bond motifs is 2. The molecule has 0 N–H and O–H groups in total. The van der Waals surface area contributed by atoms with Crippen LogP contribution in [-0.2, 0) is 16.1 Å². The molecular weight excluding hydrogens is 448 g/mol. The fourth-order valence-electron chi connectivity index (χ4n) is 3.56. The van der Waals surface area contributed by atoms with E-state index in [0.717, 1.165) is 10.9 Å². The summed E-state index contributed by atoms with van der Waals surface area (Å²) < 4.78 is 5.02. The highest BCUT2D eigenvalue weighted by molar-refractivity contribution is 7.09. The molecule has 1 aliphatic carbocycles. The Morgan fingerprint density at radius 2 is 1.70 bits per heavy atom. The maximum Gasteiger partial charge on any atom is 0.345 e. The number of ether oxygens (including phenoxy) is 1. The summed E-state index contributed by atoms with van der Waals surface area (Å²) in [4.78, 5) is 64.0. The third kappa shape index (κ3) is 4.03. The topological polar surface area (TPSA) is 124 Å². The van der Waals surface area contributed by atoms with E-state index in [9.17, 15) is 29.3 Å². The minimum atomic E-state index is -1.14. The summed E-state index contributed by atoms with van der Waals surface area (Å²) in [6.07, 6.45) is 0. The zero-order valence-corrected chi connectivity index (χ0v) is 18.1. The molecule has 10 heteroatoms. The normalized spacial score (nSPS) is 12.0. The Morgan fingerprint density at radius 3 is 2.33 bits per heavy atom. The van der Waals surface area contributed by atoms with Gasteiger partial charge in [-0.05, 0) is 23.6 Å². The van der Waals surface area contributed by atoms with Crippen LogP contribution in [0.2, 0.25) is 0 Å². The molecule has 1 amide bonds. The van der Waals surface area contributed by atoms with E-state index in [2.05, 4.69) is 0 Å². The lowest BCUT2D eigenvalue weighted by Gasteiger charge is -2.18. The van der Waals surface area contributed by atoms with Gasteiger partial charge in [0.15, 0.2) is 12.4 Å². The number of carbonyl (C=O) groups excluding carboxylic acids is 4. The van der Waals surface area contributed by atoms with Gasteiger partial charge in [-0.1, -0.05) is 30.3 Å². The van der Waals surface area contributed by atoms with Crippen molar-refractivity contribution in [1.82, 2.24) is 4.90 Å². The van der Waals surface area contributed by atoms with Gasteiger partial charge in [0.05, 0.1) is 11.5 Å². The number of likely N-dealkylation sites (N-methyl/N-ethyl adjacent to an activating group) is 1. The van der Waals surface area contributed by atoms with Gasteiger partial charge in [-0.25, -0.2) is 4.79 Å². The minimum Gasteiger partial charge on any atom is -0.452 e. The summed E-state index contributed by atoms with van der Waals surface area (Å²) in [5.74, 6) is -2.92. The van der Waals surface area contributed by atoms with Gasteiger partial charge in [0.1, 0.15) is 11.1 Å². The highest BCUT2D eigenvalue weighted by Gasteiger charge is 2.39. The van der Waals surface area contributed by atoms with Crippen molar-refractivity contribution in [3.8, 4) is 0 Å². The van der Waals surface area contributed by atoms with E-state index >= 15 is 0 Å². The van der Waals surface area contributed by atoms with Gasteiger partial charge >= 0.3 is 5.97 Å². The second-order valence-corrected chi connectivity index (χ2v) is 8.28. The highest BCUT2D eigenvalue weighted by atomic mass is 32.1. The number of hydrogen-bond acceptors (Lipinski definition) is 8. The second-order valence-electron chi connectivity index (χ2n) is 7.25. The van der Waals surface area contributed by atoms with Crippen molar-refractivity contribution in [2.24, 2.45) is 0 Å². The number of nitro groups is 1. The van der Waals surface area contributed by atoms with Crippen LogP contribution < -0.4 is 0 Å². The van der Waals surface area contributed by atoms with Crippen LogP contribution in [0.5, 0.6) is 0 Å². The Bertz CT molecular complexity index is 1310. The van der Waals surface area contributed by atoms with Crippen molar-refractivity contribution in [1.29, 1.82) is 0 Å². The number of ketones is 2. The summed E-state index contributed by atoms with van der Waals surface area (Å²) in [6, 6.07) is 11.9. The Kier molecular flexibility index (Phi) is 5.84. The number of thiophene rings is 1. The number of nitro benzene ring substituents is 1. The lowest BCUT2D eigenvalue weighted by atomic mass is 9.82. The molecule has 3 aromatic rings. The SMILES string of the molecule is CN(Cc1cccs1)C(=O)COC(=O)c1ccc2c(c1[N+](=O)[O-])C(=O)c1ccccc1C2=O. The van der Waals surface area contributed by atoms with Crippen LogP contribution in [0, 0.1) is 10.1 Å². The van der Waals surface area contributed by atoms with Gasteiger partial charge in [0.2, 0.25) is 5.78 Å². The molecule has 33 heavy (non-hydrogen) atoms. The zero-order valence-electron chi connectivity index (χ0n) is 17.3. The van der Waals surface area contributed by atoms with Gasteiger partial charge in [-0.2, -0.15) is 0 Å². The Hall–Kier alpha value is -4.18. The summed E-state index contributed by atoms with van der Waals surface area (Å²) in [7, 11) is 1.54. The van der Waals surface area contributed by atoms with Crippen LogP contribution in [0.25, 0.3) is 0 Å². The molecule has 4 rings (SSSR count). The maximum absolute atomic E-state index is 13.0. The van der Waals surface area contributed by atoms with Gasteiger partial charge in [-0.15, -0.1) is 11.3 Å². The quantitative estimate of drug-likeness (QED) is 0.244. The van der Waals surface area contributed by atoms with E-state index in [1.807, 2.05) is 17.5 Å². The summed E-state index contributed by atoms with van der Waals surface area (Å²) in [5.41, 5.74) is -1.78. The van der Waals surface area contributed by atoms with E-state index < -0.39 is 51.8 Å². The van der Waals surface area contributed by atoms with Crippen LogP contribution in [0.3, 0.4) is 0 Å². The van der Waals surface area contributed by atoms with Gasteiger partial charge in [-0.3, -0.25) is 24.5 Å². The molecule has 1 aliphatic rings. The van der Waals surface area contributed by atoms with Crippen molar-refractivity contribution >= 4 is 40.5 Å². The molecular formula is C23H16N2O7S. The van der Waals surface area contributed by atoms with Crippen LogP contribution in [0.15, 0.2) is 53.9 Å². The van der Waals surface area contributed by atoms with Crippen molar-refractivity contribution < 1.29 is 28.8 Å². The van der Waals surface area contributed by atoms with Crippen molar-refractivity contribution in [3.63, 3.8) is 0 Å². The molecule has 0 atom stereocenters. The second kappa shape index (κ2) is 8.75. The number of amides is 1. The average Bonchev–Trinajstić information content (AvgIpc) is 3.32. The summed E-state index contributed by atoms with van der Waals surface area (Å²) in [5, 5.41) is 13.7. The third-order valence-corrected chi connectivity index (χ3v) is 6.06. The molecule has 0 radical (unpaired) electrons. The average molecular weight is 464 g/mol. The minimum absolute atomic E-state index is 0.0222. The third-order valence-electron chi connectivity index (χ3n) is 5.19. The number of carbonyl (C=O) groups is 4. The number of rotatable bonds is 6. The standard InChI is InChI=1S/C23H16N2O7S/c1-24(11-13-5-4-10-33-13)18(26)12-32-23(29)17-9-8-16-19(20(17)25(30)31)22(28)15-7-3-2-6-14(15)21(16)27/h2-10H,11-12H2,1H3. The van der Waals surface area contributed by atoms with E-state index in [4.69, 9.17) is 4.74 Å². The smallest absolute Gasteiger partial charge is 0.345 e. The highest BCUT2D eigenvalue weighted by Crippen LogP contribution is 2.35. The molecule has 0 fully saturated rings. The molecule has 0 aliphatic heterocycles. The largest absolute Gasteiger partial charge is 0.452 e. The fourth-order valence-corrected chi connectivity index (χ4v) is 4.32. The maximum atomic E-state index is 13.0. The van der Waals surface area contributed by atoms with E-state index in [-0.39, 0.29) is 16.7 Å². The van der Waals surface area contributed by atoms with E-state index in [1.165, 1.54) is 40.5 Å². The van der Waals surface area contributed by atoms with Crippen molar-refractivity contribution in [2.75, 3.05) is 13.7 Å². The predicted molar refractivity (Wildman–Crippen MR) is 117 cm³/mol. The number of hydrogen-bond donors (Lipinski definition) is 0. The van der Waals surface area contributed by atoms with E-state index in [0.29, 0.717) is 6.54 Å². The molecule has 9 nitrogen and oxygen atoms in total. The van der Waals surface area contributed by atoms with Crippen LogP contribution in [-0.4, -0.2) is 46.9 Å². The Labute approximate surface area is 191 Å². The van der Waals surface area contributed by atoms with Crippen LogP contribution in [0.1, 0.15) is 47.1 Å². The molecule has 166 valence electrons. The van der Waals surface area contributed by atoms with Crippen molar-refractivity contribution in [2.45, 2.75) is 6.54 Å². The zero-order chi connectivity index (χ0) is 23.7. The lowest BCUT2D eigenvalue weighted by molar-refractivity contribution is -0.385. The molecule has 0 saturated carbocycles. The van der Waals surface area contributed by atoms with Crippen molar-refractivity contribution in [3.05, 3.63) is 96.7 Å². The van der Waals surface area contributed by atoms with Crippen LogP contribution >= 0.6 is 11.3 Å². The predicted octanol–water partition coefficient (Wildman–Crippen LogP) is 3.25. The molecule has 1 heterocycles. The van der Waals surface area contributed by atoms with Gasteiger partial charge < -0.3 is 9.64 Å². The molecule has 1 aromatic heterocycles. The first-order valence-electron chi connectivity index (χ1n) is 9.73. The summed E-state index contributed by atoms with van der Waals surface area (Å²) >= 11 is 1.47. The van der Waals surface area contributed by atoms with Gasteiger partial charge in [0, 0.05) is 28.6 Å². The monoisotopic (exact) mass is 464 g/mol. The molecule has 2 aromatic carbocycles. The van der Waals surface area contributed by atoms with Gasteiger partial charge in [0.25, 0.3) is 11.6 Å². The number of esters is 1. The first kappa shape index (κ1) is 22.0. The lowest BCUT2D eigenvalue weighted by Crippen LogP contribution is -2.31. The summed E-state index contributed by atoms with van der Waals surface area (Å²) in [6.45, 7) is -0.312. The van der Waals surface area contributed by atoms with E-state index in [1.54, 1.807) is 13.1 Å². The fraction of sp³-hybridized carbons (Fsp3) is 0.130. The van der Waals surface area contributed by atoms with Crippen LogP contribution in [0.4, 0.5) is 5.69 Å². The Morgan fingerprint density at radius 1 is 1.00 bits per heavy atom. The Balaban J connectivity index is 1.60. The number of nitrogens with zero attached hydrogens (tertiary/aromatic N) is 2. The first-order valence-corrected chi connectivity index (χ1v) is 10.6. The first-order chi connectivity index (χ1) is 15.8.